The van der Waals surface area contributed by atoms with E-state index in [1.165, 1.54) is 25.7 Å². The number of benzene rings is 1. The third kappa shape index (κ3) is 2.68. The van der Waals surface area contributed by atoms with Gasteiger partial charge in [0.15, 0.2) is 0 Å². The molecule has 0 heterocycles. The van der Waals surface area contributed by atoms with Gasteiger partial charge >= 0.3 is 0 Å². The molecule has 17 heavy (non-hydrogen) atoms. The maximum atomic E-state index is 6.11. The summed E-state index contributed by atoms with van der Waals surface area (Å²) in [6, 6.07) is 5.97. The van der Waals surface area contributed by atoms with Crippen LogP contribution < -0.4 is 10.6 Å². The molecule has 0 bridgehead atoms. The zero-order valence-electron chi connectivity index (χ0n) is 10.0. The smallest absolute Gasteiger partial charge is 0.0741 e. The van der Waals surface area contributed by atoms with E-state index < -0.39 is 0 Å². The number of rotatable bonds is 5. The fourth-order valence-electron chi connectivity index (χ4n) is 2.30. The number of hydrogen-bond acceptors (Lipinski definition) is 2. The van der Waals surface area contributed by atoms with E-state index in [1.54, 1.807) is 0 Å². The van der Waals surface area contributed by atoms with Crippen molar-refractivity contribution in [3.8, 4) is 0 Å². The zero-order chi connectivity index (χ0) is 11.8. The van der Waals surface area contributed by atoms with Crippen LogP contribution in [0.3, 0.4) is 0 Å². The lowest BCUT2D eigenvalue weighted by molar-refractivity contribution is 0.680. The molecule has 2 saturated carbocycles. The van der Waals surface area contributed by atoms with Gasteiger partial charge in [0.05, 0.1) is 16.4 Å². The Hall–Kier alpha value is -0.890. The third-order valence-corrected chi connectivity index (χ3v) is 4.05. The minimum absolute atomic E-state index is 0.680. The quantitative estimate of drug-likeness (QED) is 0.810. The molecule has 2 fully saturated rings. The zero-order valence-corrected chi connectivity index (χ0v) is 10.8. The average Bonchev–Trinajstić information content (AvgIpc) is 3.16. The Morgan fingerprint density at radius 3 is 2.24 bits per heavy atom. The molecule has 2 aliphatic carbocycles. The largest absolute Gasteiger partial charge is 0.396 e. The Bertz CT molecular complexity index is 397. The van der Waals surface area contributed by atoms with Crippen molar-refractivity contribution in [2.24, 2.45) is 11.8 Å². The van der Waals surface area contributed by atoms with E-state index in [1.807, 2.05) is 12.1 Å². The summed E-state index contributed by atoms with van der Waals surface area (Å²) < 4.78 is 0. The second-order valence-corrected chi connectivity index (χ2v) is 5.87. The van der Waals surface area contributed by atoms with Gasteiger partial charge in [-0.1, -0.05) is 17.7 Å². The summed E-state index contributed by atoms with van der Waals surface area (Å²) in [7, 11) is 0. The summed E-state index contributed by atoms with van der Waals surface area (Å²) in [5.74, 6) is 1.76. The van der Waals surface area contributed by atoms with Crippen LogP contribution in [0.25, 0.3) is 0 Å². The fraction of sp³-hybridized carbons (Fsp3) is 0.571. The van der Waals surface area contributed by atoms with Crippen LogP contribution in [0.1, 0.15) is 25.7 Å². The first-order chi connectivity index (χ1) is 8.24. The Balaban J connectivity index is 1.81. The summed E-state index contributed by atoms with van der Waals surface area (Å²) >= 11 is 6.11. The molecule has 1 aromatic rings. The number of nitrogens with zero attached hydrogens (tertiary/aromatic N) is 1. The van der Waals surface area contributed by atoms with E-state index in [0.29, 0.717) is 5.02 Å². The van der Waals surface area contributed by atoms with Gasteiger partial charge in [-0.15, -0.1) is 0 Å². The van der Waals surface area contributed by atoms with Crippen LogP contribution in [0.15, 0.2) is 18.2 Å². The van der Waals surface area contributed by atoms with Gasteiger partial charge in [-0.2, -0.15) is 0 Å². The lowest BCUT2D eigenvalue weighted by Gasteiger charge is -2.26. The van der Waals surface area contributed by atoms with Crippen LogP contribution in [0.2, 0.25) is 5.02 Å². The van der Waals surface area contributed by atoms with Gasteiger partial charge in [0.1, 0.15) is 0 Å². The first-order valence-corrected chi connectivity index (χ1v) is 6.91. The molecule has 0 radical (unpaired) electrons. The topological polar surface area (TPSA) is 29.3 Å². The molecule has 2 N–H and O–H groups in total. The van der Waals surface area contributed by atoms with Crippen molar-refractivity contribution in [1.29, 1.82) is 0 Å². The van der Waals surface area contributed by atoms with Gasteiger partial charge in [-0.25, -0.2) is 0 Å². The summed E-state index contributed by atoms with van der Waals surface area (Å²) in [5, 5.41) is 0.680. The van der Waals surface area contributed by atoms with E-state index in [-0.39, 0.29) is 0 Å². The Kier molecular flexibility index (Phi) is 2.91. The second-order valence-electron chi connectivity index (χ2n) is 5.46. The molecule has 3 rings (SSSR count). The molecular formula is C14H19ClN2. The second kappa shape index (κ2) is 4.41. The first-order valence-electron chi connectivity index (χ1n) is 6.53. The van der Waals surface area contributed by atoms with Crippen molar-refractivity contribution in [2.45, 2.75) is 25.7 Å². The van der Waals surface area contributed by atoms with Gasteiger partial charge < -0.3 is 10.6 Å². The molecule has 92 valence electrons. The molecule has 0 aliphatic heterocycles. The van der Waals surface area contributed by atoms with Gasteiger partial charge in [0, 0.05) is 13.1 Å². The Morgan fingerprint density at radius 1 is 1.12 bits per heavy atom. The number of hydrogen-bond donors (Lipinski definition) is 1. The molecule has 2 aliphatic rings. The molecular weight excluding hydrogens is 232 g/mol. The van der Waals surface area contributed by atoms with Gasteiger partial charge in [-0.05, 0) is 49.7 Å². The highest BCUT2D eigenvalue weighted by Gasteiger charge is 2.30. The minimum atomic E-state index is 0.680. The molecule has 0 unspecified atom stereocenters. The normalized spacial score (nSPS) is 19.4. The lowest BCUT2D eigenvalue weighted by Crippen LogP contribution is -2.28. The molecule has 1 aromatic carbocycles. The van der Waals surface area contributed by atoms with Gasteiger partial charge in [0.25, 0.3) is 0 Å². The van der Waals surface area contributed by atoms with Crippen LogP contribution in [0, 0.1) is 11.8 Å². The third-order valence-electron chi connectivity index (χ3n) is 3.72. The highest BCUT2D eigenvalue weighted by Crippen LogP contribution is 2.38. The summed E-state index contributed by atoms with van der Waals surface area (Å²) in [6.07, 6.45) is 5.51. The van der Waals surface area contributed by atoms with Crippen molar-refractivity contribution in [2.75, 3.05) is 23.7 Å². The van der Waals surface area contributed by atoms with E-state index in [2.05, 4.69) is 11.0 Å². The van der Waals surface area contributed by atoms with Crippen molar-refractivity contribution < 1.29 is 0 Å². The van der Waals surface area contributed by atoms with Crippen LogP contribution in [-0.4, -0.2) is 13.1 Å². The summed E-state index contributed by atoms with van der Waals surface area (Å²) in [6.45, 7) is 2.31. The number of halogens is 1. The molecule has 0 amide bonds. The highest BCUT2D eigenvalue weighted by atomic mass is 35.5. The monoisotopic (exact) mass is 250 g/mol. The van der Waals surface area contributed by atoms with Crippen molar-refractivity contribution in [3.63, 3.8) is 0 Å². The van der Waals surface area contributed by atoms with Crippen LogP contribution >= 0.6 is 11.6 Å². The van der Waals surface area contributed by atoms with Crippen LogP contribution in [0.4, 0.5) is 11.4 Å². The predicted molar refractivity (Wildman–Crippen MR) is 73.5 cm³/mol. The van der Waals surface area contributed by atoms with Gasteiger partial charge in [-0.3, -0.25) is 0 Å². The minimum Gasteiger partial charge on any atom is -0.396 e. The number of para-hydroxylation sites is 1. The lowest BCUT2D eigenvalue weighted by atomic mass is 10.2. The molecule has 0 saturated heterocycles. The van der Waals surface area contributed by atoms with Crippen molar-refractivity contribution in [3.05, 3.63) is 23.2 Å². The molecule has 0 aromatic heterocycles. The summed E-state index contributed by atoms with van der Waals surface area (Å²) in [4.78, 5) is 2.45. The first kappa shape index (κ1) is 11.2. The molecule has 3 heteroatoms. The Morgan fingerprint density at radius 2 is 1.71 bits per heavy atom. The SMILES string of the molecule is Nc1c(Cl)cccc1N(CC1CC1)CC1CC1. The highest BCUT2D eigenvalue weighted by molar-refractivity contribution is 6.33. The number of nitrogens with two attached hydrogens (primary N) is 1. The summed E-state index contributed by atoms with van der Waals surface area (Å²) in [5.41, 5.74) is 7.98. The fourth-order valence-corrected chi connectivity index (χ4v) is 2.47. The molecule has 2 nitrogen and oxygen atoms in total. The standard InChI is InChI=1S/C14H19ClN2/c15-12-2-1-3-13(14(12)16)17(8-10-4-5-10)9-11-6-7-11/h1-3,10-11H,4-9,16H2. The van der Waals surface area contributed by atoms with Gasteiger partial charge in [0.2, 0.25) is 0 Å². The maximum absolute atomic E-state index is 6.11. The molecule has 0 spiro atoms. The van der Waals surface area contributed by atoms with E-state index in [4.69, 9.17) is 17.3 Å². The molecule has 0 atom stereocenters. The Labute approximate surface area is 108 Å². The van der Waals surface area contributed by atoms with Crippen molar-refractivity contribution >= 4 is 23.0 Å². The predicted octanol–water partition coefficient (Wildman–Crippen LogP) is 3.55. The number of nitrogen functional groups attached to an aromatic ring is 1. The average molecular weight is 251 g/mol. The van der Waals surface area contributed by atoms with E-state index in [0.717, 1.165) is 36.3 Å². The van der Waals surface area contributed by atoms with Crippen molar-refractivity contribution in [1.82, 2.24) is 0 Å². The van der Waals surface area contributed by atoms with E-state index >= 15 is 0 Å². The maximum Gasteiger partial charge on any atom is 0.0741 e. The van der Waals surface area contributed by atoms with Crippen LogP contribution in [-0.2, 0) is 0 Å². The number of anilines is 2. The van der Waals surface area contributed by atoms with E-state index in [9.17, 15) is 0 Å². The van der Waals surface area contributed by atoms with Crippen LogP contribution in [0.5, 0.6) is 0 Å².